The second-order valence-corrected chi connectivity index (χ2v) is 6.99. The first-order valence-corrected chi connectivity index (χ1v) is 9.63. The molecule has 9 heteroatoms. The number of aliphatic imine (C=N–C) groups is 1. The zero-order valence-corrected chi connectivity index (χ0v) is 17.0. The second kappa shape index (κ2) is 8.83. The molecule has 32 heavy (non-hydrogen) atoms. The number of nitrogens with zero attached hydrogens (tertiary/aromatic N) is 2. The van der Waals surface area contributed by atoms with Crippen LogP contribution in [-0.2, 0) is 9.53 Å². The largest absolute Gasteiger partial charge is 0.423 e. The number of halogens is 1. The summed E-state index contributed by atoms with van der Waals surface area (Å²) in [6, 6.07) is 18.5. The third-order valence-corrected chi connectivity index (χ3v) is 4.76. The summed E-state index contributed by atoms with van der Waals surface area (Å²) in [6.07, 6.45) is 1.51. The van der Waals surface area contributed by atoms with E-state index in [2.05, 4.69) is 4.99 Å². The molecule has 0 amide bonds. The minimum atomic E-state index is -0.646. The van der Waals surface area contributed by atoms with Gasteiger partial charge in [-0.25, -0.2) is 14.6 Å². The van der Waals surface area contributed by atoms with Crippen LogP contribution in [0.5, 0.6) is 5.75 Å². The lowest BCUT2D eigenvalue weighted by Gasteiger charge is -2.06. The molecule has 0 aliphatic carbocycles. The van der Waals surface area contributed by atoms with Crippen LogP contribution >= 0.6 is 11.6 Å². The van der Waals surface area contributed by atoms with Gasteiger partial charge in [-0.15, -0.1) is 0 Å². The lowest BCUT2D eigenvalue weighted by molar-refractivity contribution is -0.384. The summed E-state index contributed by atoms with van der Waals surface area (Å²) in [5.41, 5.74) is 1.31. The maximum atomic E-state index is 12.2. The maximum Gasteiger partial charge on any atom is 0.363 e. The first-order valence-electron chi connectivity index (χ1n) is 9.25. The van der Waals surface area contributed by atoms with Crippen molar-refractivity contribution in [2.24, 2.45) is 4.99 Å². The summed E-state index contributed by atoms with van der Waals surface area (Å²) in [5, 5.41) is 11.1. The number of ether oxygens (including phenoxy) is 2. The Kier molecular flexibility index (Phi) is 5.78. The van der Waals surface area contributed by atoms with E-state index >= 15 is 0 Å². The maximum absolute atomic E-state index is 12.2. The van der Waals surface area contributed by atoms with Crippen molar-refractivity contribution in [1.29, 1.82) is 0 Å². The highest BCUT2D eigenvalue weighted by Crippen LogP contribution is 2.23. The number of nitro benzene ring substituents is 1. The third kappa shape index (κ3) is 4.55. The fourth-order valence-corrected chi connectivity index (χ4v) is 3.05. The summed E-state index contributed by atoms with van der Waals surface area (Å²) in [4.78, 5) is 38.8. The van der Waals surface area contributed by atoms with Crippen LogP contribution in [0.25, 0.3) is 6.08 Å². The standard InChI is InChI=1S/C23H13ClN2O6/c24-19-4-2-1-3-18(19)22(27)31-17-11-5-14(6-12-17)13-20-23(28)32-21(25-20)15-7-9-16(10-8-15)26(29)30/h1-13H/b20-13-. The summed E-state index contributed by atoms with van der Waals surface area (Å²) in [5.74, 6) is -0.867. The second-order valence-electron chi connectivity index (χ2n) is 6.58. The van der Waals surface area contributed by atoms with Crippen LogP contribution in [0.4, 0.5) is 5.69 Å². The van der Waals surface area contributed by atoms with Crippen molar-refractivity contribution < 1.29 is 24.0 Å². The Morgan fingerprint density at radius 1 is 1.03 bits per heavy atom. The van der Waals surface area contributed by atoms with E-state index in [0.717, 1.165) is 0 Å². The number of nitro groups is 1. The van der Waals surface area contributed by atoms with Crippen LogP contribution in [0.15, 0.2) is 83.5 Å². The molecule has 0 radical (unpaired) electrons. The van der Waals surface area contributed by atoms with E-state index in [1.165, 1.54) is 30.3 Å². The number of esters is 2. The van der Waals surface area contributed by atoms with Crippen LogP contribution < -0.4 is 4.74 Å². The summed E-state index contributed by atoms with van der Waals surface area (Å²) in [6.45, 7) is 0. The molecule has 4 rings (SSSR count). The zero-order chi connectivity index (χ0) is 22.7. The number of hydrogen-bond acceptors (Lipinski definition) is 7. The van der Waals surface area contributed by atoms with Crippen molar-refractivity contribution in [3.05, 3.63) is 110 Å². The molecule has 3 aromatic carbocycles. The molecule has 1 heterocycles. The van der Waals surface area contributed by atoms with Gasteiger partial charge in [0.1, 0.15) is 5.75 Å². The van der Waals surface area contributed by atoms with Gasteiger partial charge in [-0.3, -0.25) is 10.1 Å². The van der Waals surface area contributed by atoms with Gasteiger partial charge < -0.3 is 9.47 Å². The van der Waals surface area contributed by atoms with E-state index < -0.39 is 16.9 Å². The molecule has 0 saturated heterocycles. The quantitative estimate of drug-likeness (QED) is 0.182. The van der Waals surface area contributed by atoms with Crippen LogP contribution in [-0.4, -0.2) is 22.8 Å². The molecule has 0 unspecified atom stereocenters. The Morgan fingerprint density at radius 3 is 2.38 bits per heavy atom. The van der Waals surface area contributed by atoms with Gasteiger partial charge in [0, 0.05) is 17.7 Å². The van der Waals surface area contributed by atoms with Crippen molar-refractivity contribution in [2.45, 2.75) is 0 Å². The molecule has 8 nitrogen and oxygen atoms in total. The first kappa shape index (κ1) is 21.0. The van der Waals surface area contributed by atoms with E-state index in [1.54, 1.807) is 48.5 Å². The number of benzene rings is 3. The van der Waals surface area contributed by atoms with Crippen molar-refractivity contribution in [3.8, 4) is 5.75 Å². The smallest absolute Gasteiger partial charge is 0.363 e. The average molecular weight is 449 g/mol. The number of rotatable bonds is 5. The van der Waals surface area contributed by atoms with Gasteiger partial charge in [-0.1, -0.05) is 35.9 Å². The van der Waals surface area contributed by atoms with Gasteiger partial charge in [0.2, 0.25) is 5.90 Å². The fraction of sp³-hybridized carbons (Fsp3) is 0. The Labute approximate surface area is 186 Å². The highest BCUT2D eigenvalue weighted by Gasteiger charge is 2.24. The molecule has 0 N–H and O–H groups in total. The van der Waals surface area contributed by atoms with Crippen molar-refractivity contribution in [1.82, 2.24) is 0 Å². The van der Waals surface area contributed by atoms with Gasteiger partial charge in [0.05, 0.1) is 15.5 Å². The normalized spacial score (nSPS) is 14.1. The minimum Gasteiger partial charge on any atom is -0.423 e. The van der Waals surface area contributed by atoms with Gasteiger partial charge >= 0.3 is 11.9 Å². The Morgan fingerprint density at radius 2 is 1.72 bits per heavy atom. The molecule has 0 aromatic heterocycles. The molecular formula is C23H13ClN2O6. The number of cyclic esters (lactones) is 1. The molecule has 1 aliphatic heterocycles. The molecule has 3 aromatic rings. The first-order chi connectivity index (χ1) is 15.4. The van der Waals surface area contributed by atoms with Gasteiger partial charge in [0.15, 0.2) is 5.70 Å². The highest BCUT2D eigenvalue weighted by molar-refractivity contribution is 6.33. The fourth-order valence-electron chi connectivity index (χ4n) is 2.84. The SMILES string of the molecule is O=C1OC(c2ccc([N+](=O)[O-])cc2)=N/C1=C\c1ccc(OC(=O)c2ccccc2Cl)cc1. The monoisotopic (exact) mass is 448 g/mol. The number of non-ortho nitro benzene ring substituents is 1. The molecule has 0 bridgehead atoms. The molecule has 1 aliphatic rings. The highest BCUT2D eigenvalue weighted by atomic mass is 35.5. The predicted octanol–water partition coefficient (Wildman–Crippen LogP) is 4.81. The topological polar surface area (TPSA) is 108 Å². The summed E-state index contributed by atoms with van der Waals surface area (Å²) in [7, 11) is 0. The van der Waals surface area contributed by atoms with Crippen molar-refractivity contribution >= 4 is 41.2 Å². The summed E-state index contributed by atoms with van der Waals surface area (Å²) >= 11 is 6.00. The van der Waals surface area contributed by atoms with Gasteiger partial charge in [0.25, 0.3) is 5.69 Å². The predicted molar refractivity (Wildman–Crippen MR) is 117 cm³/mol. The van der Waals surface area contributed by atoms with Gasteiger partial charge in [-0.05, 0) is 48.0 Å². The van der Waals surface area contributed by atoms with Crippen LogP contribution in [0.1, 0.15) is 21.5 Å². The van der Waals surface area contributed by atoms with E-state index in [9.17, 15) is 19.7 Å². The Bertz CT molecular complexity index is 1280. The molecule has 0 atom stereocenters. The van der Waals surface area contributed by atoms with Crippen LogP contribution in [0, 0.1) is 10.1 Å². The molecule has 158 valence electrons. The Balaban J connectivity index is 1.49. The summed E-state index contributed by atoms with van der Waals surface area (Å²) < 4.78 is 10.5. The van der Waals surface area contributed by atoms with E-state index in [4.69, 9.17) is 21.1 Å². The zero-order valence-electron chi connectivity index (χ0n) is 16.2. The molecule has 0 fully saturated rings. The van der Waals surface area contributed by atoms with Crippen molar-refractivity contribution in [3.63, 3.8) is 0 Å². The lowest BCUT2D eigenvalue weighted by Crippen LogP contribution is -2.08. The van der Waals surface area contributed by atoms with E-state index in [1.807, 2.05) is 0 Å². The van der Waals surface area contributed by atoms with Crippen LogP contribution in [0.2, 0.25) is 5.02 Å². The lowest BCUT2D eigenvalue weighted by atomic mass is 10.2. The number of carbonyl (C=O) groups excluding carboxylic acids is 2. The Hall–Kier alpha value is -4.30. The van der Waals surface area contributed by atoms with Crippen LogP contribution in [0.3, 0.4) is 0 Å². The molecular weight excluding hydrogens is 436 g/mol. The van der Waals surface area contributed by atoms with E-state index in [-0.39, 0.29) is 22.8 Å². The average Bonchev–Trinajstić information content (AvgIpc) is 3.15. The molecule has 0 spiro atoms. The number of hydrogen-bond donors (Lipinski definition) is 0. The molecule has 0 saturated carbocycles. The van der Waals surface area contributed by atoms with E-state index in [0.29, 0.717) is 21.9 Å². The number of carbonyl (C=O) groups is 2. The van der Waals surface area contributed by atoms with Gasteiger partial charge in [-0.2, -0.15) is 0 Å². The van der Waals surface area contributed by atoms with Crippen molar-refractivity contribution in [2.75, 3.05) is 0 Å². The third-order valence-electron chi connectivity index (χ3n) is 4.43. The minimum absolute atomic E-state index is 0.0569.